The number of para-hydroxylation sites is 1. The van der Waals surface area contributed by atoms with Gasteiger partial charge in [0.15, 0.2) is 5.82 Å². The molecule has 22 heavy (non-hydrogen) atoms. The lowest BCUT2D eigenvalue weighted by Crippen LogP contribution is -2.36. The number of hydrogen-bond acceptors (Lipinski definition) is 3. The molecule has 0 saturated carbocycles. The first-order valence-electron chi connectivity index (χ1n) is 6.97. The number of anilines is 3. The predicted octanol–water partition coefficient (Wildman–Crippen LogP) is 4.08. The Hall–Kier alpha value is -2.61. The number of nitrogens with zero attached hydrogens (tertiary/aromatic N) is 3. The summed E-state index contributed by atoms with van der Waals surface area (Å²) in [5.74, 6) is -1.64. The van der Waals surface area contributed by atoms with Crippen LogP contribution < -0.4 is 9.80 Å². The van der Waals surface area contributed by atoms with E-state index in [4.69, 9.17) is 5.26 Å². The lowest BCUT2D eigenvalue weighted by Gasteiger charge is -2.28. The Morgan fingerprint density at radius 2 is 1.86 bits per heavy atom. The minimum absolute atomic E-state index is 0.182. The Bertz CT molecular complexity index is 795. The number of halogens is 2. The molecule has 2 aromatic carbocycles. The first-order chi connectivity index (χ1) is 10.5. The molecule has 0 aromatic heterocycles. The van der Waals surface area contributed by atoms with Crippen LogP contribution in [0.15, 0.2) is 30.3 Å². The van der Waals surface area contributed by atoms with Gasteiger partial charge in [0.25, 0.3) is 0 Å². The summed E-state index contributed by atoms with van der Waals surface area (Å²) in [4.78, 5) is 3.61. The number of nitriles is 1. The molecule has 1 aliphatic heterocycles. The van der Waals surface area contributed by atoms with Gasteiger partial charge in [-0.2, -0.15) is 5.26 Å². The normalized spacial score (nSPS) is 16.6. The van der Waals surface area contributed by atoms with Crippen LogP contribution in [-0.2, 0) is 0 Å². The zero-order valence-electron chi connectivity index (χ0n) is 12.6. The fraction of sp³-hybridized carbons (Fsp3) is 0.235. The number of aryl methyl sites for hydroxylation is 1. The highest BCUT2D eigenvalue weighted by atomic mass is 19.1. The molecule has 112 valence electrons. The van der Waals surface area contributed by atoms with Crippen molar-refractivity contribution in [2.75, 3.05) is 16.8 Å². The Kier molecular flexibility index (Phi) is 3.25. The van der Waals surface area contributed by atoms with Crippen molar-refractivity contribution < 1.29 is 8.78 Å². The topological polar surface area (TPSA) is 30.3 Å². The lowest BCUT2D eigenvalue weighted by molar-refractivity contribution is 0.577. The summed E-state index contributed by atoms with van der Waals surface area (Å²) in [6.07, 6.45) is -0.182. The standard InChI is InChI=1S/C17H15F2N3/c1-10-6-4-5-7-14(10)22-11(2)21(3)17-15(22)8-13(18)12(9-20)16(17)19/h4-8,11H,1-3H3/t11-/m0/s1. The lowest BCUT2D eigenvalue weighted by atomic mass is 10.1. The van der Waals surface area contributed by atoms with Crippen molar-refractivity contribution in [3.05, 3.63) is 53.1 Å². The number of benzene rings is 2. The maximum absolute atomic E-state index is 14.5. The SMILES string of the molecule is Cc1ccccc1N1c2cc(F)c(C#N)c(F)c2N(C)[C@@H]1C. The minimum Gasteiger partial charge on any atom is -0.350 e. The smallest absolute Gasteiger partial charge is 0.169 e. The molecule has 0 unspecified atom stereocenters. The monoisotopic (exact) mass is 299 g/mol. The van der Waals surface area contributed by atoms with Crippen LogP contribution in [0, 0.1) is 29.9 Å². The van der Waals surface area contributed by atoms with Gasteiger partial charge in [-0.1, -0.05) is 18.2 Å². The van der Waals surface area contributed by atoms with Gasteiger partial charge >= 0.3 is 0 Å². The van der Waals surface area contributed by atoms with Crippen molar-refractivity contribution in [1.29, 1.82) is 5.26 Å². The van der Waals surface area contributed by atoms with Gasteiger partial charge in [-0.05, 0) is 25.5 Å². The largest absolute Gasteiger partial charge is 0.350 e. The maximum Gasteiger partial charge on any atom is 0.169 e. The first kappa shape index (κ1) is 14.3. The second-order valence-electron chi connectivity index (χ2n) is 5.43. The number of hydrogen-bond donors (Lipinski definition) is 0. The van der Waals surface area contributed by atoms with Crippen LogP contribution in [0.4, 0.5) is 25.8 Å². The van der Waals surface area contributed by atoms with Gasteiger partial charge in [-0.3, -0.25) is 0 Å². The molecule has 1 aliphatic rings. The summed E-state index contributed by atoms with van der Waals surface area (Å²) in [5.41, 5.74) is 2.07. The molecule has 0 N–H and O–H groups in total. The molecular formula is C17H15F2N3. The van der Waals surface area contributed by atoms with E-state index < -0.39 is 17.2 Å². The highest BCUT2D eigenvalue weighted by Gasteiger charge is 2.36. The molecule has 2 aromatic rings. The highest BCUT2D eigenvalue weighted by molar-refractivity contribution is 5.85. The third-order valence-electron chi connectivity index (χ3n) is 4.21. The van der Waals surface area contributed by atoms with E-state index in [0.717, 1.165) is 11.3 Å². The average molecular weight is 299 g/mol. The van der Waals surface area contributed by atoms with Crippen LogP contribution in [0.3, 0.4) is 0 Å². The average Bonchev–Trinajstić information content (AvgIpc) is 2.72. The Balaban J connectivity index is 2.28. The molecule has 3 nitrogen and oxygen atoms in total. The van der Waals surface area contributed by atoms with Crippen molar-refractivity contribution in [2.24, 2.45) is 0 Å². The van der Waals surface area contributed by atoms with E-state index in [1.165, 1.54) is 6.07 Å². The molecule has 5 heteroatoms. The van der Waals surface area contributed by atoms with Crippen LogP contribution in [0.5, 0.6) is 0 Å². The number of rotatable bonds is 1. The maximum atomic E-state index is 14.5. The zero-order chi connectivity index (χ0) is 16.0. The summed E-state index contributed by atoms with van der Waals surface area (Å²) in [6, 6.07) is 10.5. The van der Waals surface area contributed by atoms with Gasteiger partial charge in [0, 0.05) is 18.8 Å². The third-order valence-corrected chi connectivity index (χ3v) is 4.21. The van der Waals surface area contributed by atoms with Gasteiger partial charge in [0.2, 0.25) is 0 Å². The molecule has 3 rings (SSSR count). The van der Waals surface area contributed by atoms with Crippen molar-refractivity contribution in [3.63, 3.8) is 0 Å². The van der Waals surface area contributed by atoms with Crippen molar-refractivity contribution in [1.82, 2.24) is 0 Å². The van der Waals surface area contributed by atoms with Gasteiger partial charge in [0.05, 0.1) is 5.69 Å². The molecule has 0 bridgehead atoms. The van der Waals surface area contributed by atoms with Gasteiger partial charge in [-0.15, -0.1) is 0 Å². The summed E-state index contributed by atoms with van der Waals surface area (Å²) in [7, 11) is 1.74. The van der Waals surface area contributed by atoms with E-state index in [2.05, 4.69) is 0 Å². The van der Waals surface area contributed by atoms with Crippen molar-refractivity contribution in [2.45, 2.75) is 20.0 Å². The molecule has 0 radical (unpaired) electrons. The van der Waals surface area contributed by atoms with E-state index in [1.807, 2.05) is 43.0 Å². The van der Waals surface area contributed by atoms with Crippen molar-refractivity contribution >= 4 is 17.1 Å². The molecule has 0 spiro atoms. The Morgan fingerprint density at radius 3 is 2.50 bits per heavy atom. The van der Waals surface area contributed by atoms with E-state index in [9.17, 15) is 8.78 Å². The second kappa shape index (κ2) is 4.99. The summed E-state index contributed by atoms with van der Waals surface area (Å²) in [5, 5.41) is 8.95. The van der Waals surface area contributed by atoms with E-state index >= 15 is 0 Å². The molecule has 0 saturated heterocycles. The summed E-state index contributed by atoms with van der Waals surface area (Å²) >= 11 is 0. The molecule has 1 heterocycles. The quantitative estimate of drug-likeness (QED) is 0.795. The van der Waals surface area contributed by atoms with E-state index in [0.29, 0.717) is 5.69 Å². The Labute approximate surface area is 128 Å². The van der Waals surface area contributed by atoms with Gasteiger partial charge in [0.1, 0.15) is 29.3 Å². The van der Waals surface area contributed by atoms with Crippen LogP contribution in [0.25, 0.3) is 0 Å². The number of fused-ring (bicyclic) bond motifs is 1. The van der Waals surface area contributed by atoms with Crippen LogP contribution in [0.2, 0.25) is 0 Å². The zero-order valence-corrected chi connectivity index (χ0v) is 12.6. The minimum atomic E-state index is -0.833. The van der Waals surface area contributed by atoms with E-state index in [1.54, 1.807) is 18.0 Å². The van der Waals surface area contributed by atoms with Crippen LogP contribution >= 0.6 is 0 Å². The fourth-order valence-electron chi connectivity index (χ4n) is 2.94. The van der Waals surface area contributed by atoms with E-state index in [-0.39, 0.29) is 11.9 Å². The second-order valence-corrected chi connectivity index (χ2v) is 5.43. The molecule has 1 atom stereocenters. The van der Waals surface area contributed by atoms with Crippen LogP contribution in [0.1, 0.15) is 18.1 Å². The Morgan fingerprint density at radius 1 is 1.18 bits per heavy atom. The van der Waals surface area contributed by atoms with Crippen molar-refractivity contribution in [3.8, 4) is 6.07 Å². The summed E-state index contributed by atoms with van der Waals surface area (Å²) < 4.78 is 28.6. The highest BCUT2D eigenvalue weighted by Crippen LogP contribution is 2.46. The molecule has 0 aliphatic carbocycles. The summed E-state index contributed by atoms with van der Waals surface area (Å²) in [6.45, 7) is 3.87. The van der Waals surface area contributed by atoms with Gasteiger partial charge < -0.3 is 9.80 Å². The van der Waals surface area contributed by atoms with Crippen LogP contribution in [-0.4, -0.2) is 13.2 Å². The van der Waals surface area contributed by atoms with Gasteiger partial charge in [-0.25, -0.2) is 8.78 Å². The predicted molar refractivity (Wildman–Crippen MR) is 82.3 cm³/mol. The first-order valence-corrected chi connectivity index (χ1v) is 6.97. The fourth-order valence-corrected chi connectivity index (χ4v) is 2.94. The molecule has 0 amide bonds. The molecule has 0 fully saturated rings. The third kappa shape index (κ3) is 1.84. The molecular weight excluding hydrogens is 284 g/mol.